The number of rotatable bonds is 4. The van der Waals surface area contributed by atoms with Crippen LogP contribution in [0.15, 0.2) is 30.5 Å². The highest BCUT2D eigenvalue weighted by Gasteiger charge is 2.14. The minimum absolute atomic E-state index is 0.138. The first-order chi connectivity index (χ1) is 10.5. The number of benzene rings is 1. The molecule has 1 N–H and O–H groups in total. The van der Waals surface area contributed by atoms with Crippen molar-refractivity contribution < 1.29 is 18.3 Å². The van der Waals surface area contributed by atoms with Gasteiger partial charge < -0.3 is 10.1 Å². The first-order valence-electron chi connectivity index (χ1n) is 5.95. The molecule has 8 heteroatoms. The van der Waals surface area contributed by atoms with Gasteiger partial charge in [-0.25, -0.2) is 13.8 Å². The van der Waals surface area contributed by atoms with Gasteiger partial charge in [-0.3, -0.25) is 4.79 Å². The fourth-order valence-electron chi connectivity index (χ4n) is 1.54. The van der Waals surface area contributed by atoms with E-state index in [0.29, 0.717) is 0 Å². The number of carbonyl (C=O) groups is 1. The second kappa shape index (κ2) is 6.83. The molecular formula is C14H8ClF2N3O2. The Morgan fingerprint density at radius 1 is 1.36 bits per heavy atom. The third-order valence-electron chi connectivity index (χ3n) is 2.46. The van der Waals surface area contributed by atoms with Crippen molar-refractivity contribution in [2.75, 3.05) is 5.32 Å². The van der Waals surface area contributed by atoms with Crippen LogP contribution in [0.4, 0.5) is 14.5 Å². The molecule has 0 aliphatic rings. The largest absolute Gasteiger partial charge is 0.454 e. The van der Waals surface area contributed by atoms with Crippen molar-refractivity contribution in [3.8, 4) is 17.6 Å². The van der Waals surface area contributed by atoms with Crippen molar-refractivity contribution in [3.63, 3.8) is 0 Å². The van der Waals surface area contributed by atoms with Crippen LogP contribution in [0.5, 0.6) is 11.5 Å². The number of ether oxygens (including phenoxy) is 1. The van der Waals surface area contributed by atoms with Gasteiger partial charge in [0.15, 0.2) is 17.4 Å². The van der Waals surface area contributed by atoms with E-state index >= 15 is 0 Å². The summed E-state index contributed by atoms with van der Waals surface area (Å²) in [6, 6.07) is 5.91. The Bertz CT molecular complexity index is 762. The molecule has 1 amide bonds. The van der Waals surface area contributed by atoms with Crippen molar-refractivity contribution in [2.24, 2.45) is 0 Å². The topological polar surface area (TPSA) is 75.0 Å². The molecule has 2 aromatic rings. The van der Waals surface area contributed by atoms with Gasteiger partial charge in [0.2, 0.25) is 5.91 Å². The number of halogens is 3. The van der Waals surface area contributed by atoms with Crippen molar-refractivity contribution in [1.29, 1.82) is 5.26 Å². The van der Waals surface area contributed by atoms with Crippen LogP contribution in [0.3, 0.4) is 0 Å². The predicted molar refractivity (Wildman–Crippen MR) is 74.5 cm³/mol. The molecule has 5 nitrogen and oxygen atoms in total. The summed E-state index contributed by atoms with van der Waals surface area (Å²) in [6.07, 6.45) is 0.886. The van der Waals surface area contributed by atoms with Gasteiger partial charge in [0.25, 0.3) is 0 Å². The molecule has 0 atom stereocenters. The minimum atomic E-state index is -0.900. The molecule has 0 spiro atoms. The first kappa shape index (κ1) is 15.7. The number of aromatic nitrogens is 1. The zero-order valence-corrected chi connectivity index (χ0v) is 11.7. The van der Waals surface area contributed by atoms with Gasteiger partial charge in [-0.15, -0.1) is 0 Å². The van der Waals surface area contributed by atoms with Gasteiger partial charge in [-0.2, -0.15) is 5.26 Å². The number of nitriles is 1. The molecule has 0 bridgehead atoms. The van der Waals surface area contributed by atoms with Crippen LogP contribution in [-0.4, -0.2) is 10.9 Å². The lowest BCUT2D eigenvalue weighted by Crippen LogP contribution is -2.11. The summed E-state index contributed by atoms with van der Waals surface area (Å²) in [7, 11) is 0. The van der Waals surface area contributed by atoms with Gasteiger partial charge in [-0.05, 0) is 6.07 Å². The number of nitrogens with one attached hydrogen (secondary N) is 1. The Labute approximate surface area is 129 Å². The maximum Gasteiger partial charge on any atom is 0.238 e. The third kappa shape index (κ3) is 3.90. The van der Waals surface area contributed by atoms with Crippen LogP contribution in [0.2, 0.25) is 5.15 Å². The van der Waals surface area contributed by atoms with E-state index in [1.165, 1.54) is 18.3 Å². The highest BCUT2D eigenvalue weighted by atomic mass is 35.5. The Balaban J connectivity index is 2.23. The molecule has 0 aliphatic heterocycles. The van der Waals surface area contributed by atoms with Crippen LogP contribution >= 0.6 is 11.6 Å². The highest BCUT2D eigenvalue weighted by Crippen LogP contribution is 2.29. The summed E-state index contributed by atoms with van der Waals surface area (Å²) in [6.45, 7) is 0. The van der Waals surface area contributed by atoms with Crippen LogP contribution in [0, 0.1) is 23.0 Å². The lowest BCUT2D eigenvalue weighted by molar-refractivity contribution is -0.115. The monoisotopic (exact) mass is 323 g/mol. The summed E-state index contributed by atoms with van der Waals surface area (Å²) in [5.74, 6) is -2.72. The summed E-state index contributed by atoms with van der Waals surface area (Å²) >= 11 is 5.66. The molecule has 0 fully saturated rings. The van der Waals surface area contributed by atoms with Gasteiger partial charge in [0.1, 0.15) is 17.3 Å². The van der Waals surface area contributed by atoms with E-state index in [1.807, 2.05) is 0 Å². The maximum atomic E-state index is 13.9. The van der Waals surface area contributed by atoms with E-state index in [0.717, 1.165) is 12.1 Å². The molecule has 0 radical (unpaired) electrons. The van der Waals surface area contributed by atoms with Gasteiger partial charge in [0.05, 0.1) is 11.8 Å². The van der Waals surface area contributed by atoms with Gasteiger partial charge >= 0.3 is 0 Å². The molecule has 1 aromatic heterocycles. The number of anilines is 1. The highest BCUT2D eigenvalue weighted by molar-refractivity contribution is 6.29. The van der Waals surface area contributed by atoms with Crippen LogP contribution in [-0.2, 0) is 4.79 Å². The fourth-order valence-corrected chi connectivity index (χ4v) is 1.71. The standard InChI is InChI=1S/C14H8ClF2N3O2/c15-13-5-8(2-4-19-13)22-12-7-9(16)11(6-10(12)17)20-14(21)1-3-18/h2,4-7H,1H2,(H,20,21). The summed E-state index contributed by atoms with van der Waals surface area (Å²) in [5, 5.41) is 10.6. The molecule has 2 rings (SSSR count). The van der Waals surface area contributed by atoms with Crippen LogP contribution in [0.25, 0.3) is 0 Å². The number of nitrogens with zero attached hydrogens (tertiary/aromatic N) is 2. The Hall–Kier alpha value is -2.72. The van der Waals surface area contributed by atoms with Crippen molar-refractivity contribution in [3.05, 3.63) is 47.2 Å². The summed E-state index contributed by atoms with van der Waals surface area (Å²) in [5.41, 5.74) is -0.377. The Kier molecular flexibility index (Phi) is 4.86. The normalized spacial score (nSPS) is 9.91. The second-order valence-corrected chi connectivity index (χ2v) is 4.45. The molecule has 1 aromatic carbocycles. The molecule has 1 heterocycles. The number of hydrogen-bond acceptors (Lipinski definition) is 4. The maximum absolute atomic E-state index is 13.9. The van der Waals surface area contributed by atoms with Crippen LogP contribution < -0.4 is 10.1 Å². The van der Waals surface area contributed by atoms with E-state index in [9.17, 15) is 13.6 Å². The number of hydrogen-bond donors (Lipinski definition) is 1. The molecule has 0 saturated carbocycles. The smallest absolute Gasteiger partial charge is 0.238 e. The molecule has 0 aliphatic carbocycles. The molecule has 22 heavy (non-hydrogen) atoms. The Morgan fingerprint density at radius 2 is 2.14 bits per heavy atom. The molecular weight excluding hydrogens is 316 g/mol. The zero-order chi connectivity index (χ0) is 16.1. The third-order valence-corrected chi connectivity index (χ3v) is 2.67. The lowest BCUT2D eigenvalue weighted by atomic mass is 10.2. The van der Waals surface area contributed by atoms with Crippen molar-refractivity contribution in [1.82, 2.24) is 4.98 Å². The minimum Gasteiger partial charge on any atom is -0.454 e. The molecule has 112 valence electrons. The van der Waals surface area contributed by atoms with Gasteiger partial charge in [0, 0.05) is 24.4 Å². The first-order valence-corrected chi connectivity index (χ1v) is 6.32. The van der Waals surface area contributed by atoms with E-state index in [2.05, 4.69) is 10.3 Å². The van der Waals surface area contributed by atoms with Crippen molar-refractivity contribution in [2.45, 2.75) is 6.42 Å². The van der Waals surface area contributed by atoms with Crippen molar-refractivity contribution >= 4 is 23.2 Å². The SMILES string of the molecule is N#CCC(=O)Nc1cc(F)c(Oc2ccnc(Cl)c2)cc1F. The average molecular weight is 324 g/mol. The fraction of sp³-hybridized carbons (Fsp3) is 0.0714. The van der Waals surface area contributed by atoms with E-state index in [-0.39, 0.29) is 22.3 Å². The molecule has 0 unspecified atom stereocenters. The molecule has 0 saturated heterocycles. The van der Waals surface area contributed by atoms with E-state index in [4.69, 9.17) is 21.6 Å². The van der Waals surface area contributed by atoms with E-state index < -0.39 is 24.0 Å². The quantitative estimate of drug-likeness (QED) is 0.871. The number of carbonyl (C=O) groups excluding carboxylic acids is 1. The van der Waals surface area contributed by atoms with Gasteiger partial charge in [-0.1, -0.05) is 11.6 Å². The predicted octanol–water partition coefficient (Wildman–Crippen LogP) is 3.66. The average Bonchev–Trinajstić information content (AvgIpc) is 2.44. The number of pyridine rings is 1. The zero-order valence-electron chi connectivity index (χ0n) is 10.9. The lowest BCUT2D eigenvalue weighted by Gasteiger charge is -2.10. The summed E-state index contributed by atoms with van der Waals surface area (Å²) in [4.78, 5) is 14.9. The van der Waals surface area contributed by atoms with E-state index in [1.54, 1.807) is 6.07 Å². The van der Waals surface area contributed by atoms with Crippen LogP contribution in [0.1, 0.15) is 6.42 Å². The number of amides is 1. The summed E-state index contributed by atoms with van der Waals surface area (Å²) < 4.78 is 32.9. The second-order valence-electron chi connectivity index (χ2n) is 4.06. The Morgan fingerprint density at radius 3 is 2.82 bits per heavy atom.